The van der Waals surface area contributed by atoms with Crippen LogP contribution in [-0.2, 0) is 0 Å². The van der Waals surface area contributed by atoms with E-state index in [2.05, 4.69) is 18.3 Å². The minimum absolute atomic E-state index is 0.0658. The average Bonchev–Trinajstić information content (AvgIpc) is 2.41. The van der Waals surface area contributed by atoms with E-state index in [4.69, 9.17) is 0 Å². The molecule has 1 aromatic rings. The number of aromatic hydroxyl groups is 2. The topological polar surface area (TPSA) is 93.4 Å². The Balaban J connectivity index is 2.16. The Hall–Kier alpha value is -2.22. The van der Waals surface area contributed by atoms with Crippen LogP contribution >= 0.6 is 0 Å². The molecule has 5 heteroatoms. The predicted molar refractivity (Wildman–Crippen MR) is 73.2 cm³/mol. The fourth-order valence-corrected chi connectivity index (χ4v) is 2.52. The summed E-state index contributed by atoms with van der Waals surface area (Å²) in [5.74, 6) is -0.325. The fourth-order valence-electron chi connectivity index (χ4n) is 2.52. The first kappa shape index (κ1) is 14.2. The number of hydrogen-bond donors (Lipinski definition) is 3. The second-order valence-electron chi connectivity index (χ2n) is 5.53. The third-order valence-electron chi connectivity index (χ3n) is 3.92. The van der Waals surface area contributed by atoms with Crippen molar-refractivity contribution in [2.75, 3.05) is 0 Å². The van der Waals surface area contributed by atoms with Gasteiger partial charge in [-0.25, -0.2) is 0 Å². The first-order valence-corrected chi connectivity index (χ1v) is 6.71. The standard InChI is InChI=1S/C15H18N2O3/c1-10-4-6-15(9-16,7-5-10)17-14(20)12-3-2-11(18)8-13(12)19/h2-3,8,10,18-19H,4-7H2,1H3,(H,17,20). The van der Waals surface area contributed by atoms with E-state index in [9.17, 15) is 20.3 Å². The first-order chi connectivity index (χ1) is 9.46. The molecule has 1 fully saturated rings. The third-order valence-corrected chi connectivity index (χ3v) is 3.92. The van der Waals surface area contributed by atoms with Crippen molar-refractivity contribution in [2.45, 2.75) is 38.1 Å². The van der Waals surface area contributed by atoms with Crippen molar-refractivity contribution in [3.63, 3.8) is 0 Å². The zero-order chi connectivity index (χ0) is 14.8. The van der Waals surface area contributed by atoms with Gasteiger partial charge in [-0.15, -0.1) is 0 Å². The summed E-state index contributed by atoms with van der Waals surface area (Å²) >= 11 is 0. The van der Waals surface area contributed by atoms with Crippen molar-refractivity contribution in [1.29, 1.82) is 5.26 Å². The highest BCUT2D eigenvalue weighted by Gasteiger charge is 2.36. The van der Waals surface area contributed by atoms with Crippen LogP contribution in [0.1, 0.15) is 43.0 Å². The van der Waals surface area contributed by atoms with Crippen LogP contribution in [0.15, 0.2) is 18.2 Å². The Bertz CT molecular complexity index is 555. The molecule has 20 heavy (non-hydrogen) atoms. The van der Waals surface area contributed by atoms with Gasteiger partial charge in [-0.1, -0.05) is 6.92 Å². The highest BCUT2D eigenvalue weighted by Crippen LogP contribution is 2.32. The Morgan fingerprint density at radius 1 is 1.40 bits per heavy atom. The number of phenols is 2. The maximum atomic E-state index is 12.2. The lowest BCUT2D eigenvalue weighted by Gasteiger charge is -2.34. The molecule has 1 aliphatic carbocycles. The molecule has 106 valence electrons. The molecule has 0 aliphatic heterocycles. The maximum absolute atomic E-state index is 12.2. The van der Waals surface area contributed by atoms with Crippen molar-refractivity contribution < 1.29 is 15.0 Å². The third kappa shape index (κ3) is 2.85. The molecule has 1 aliphatic rings. The van der Waals surface area contributed by atoms with Crippen molar-refractivity contribution in [3.05, 3.63) is 23.8 Å². The van der Waals surface area contributed by atoms with E-state index < -0.39 is 11.4 Å². The smallest absolute Gasteiger partial charge is 0.256 e. The number of carbonyl (C=O) groups excluding carboxylic acids is 1. The first-order valence-electron chi connectivity index (χ1n) is 6.71. The van der Waals surface area contributed by atoms with Gasteiger partial charge < -0.3 is 15.5 Å². The van der Waals surface area contributed by atoms with Gasteiger partial charge in [0.2, 0.25) is 0 Å². The largest absolute Gasteiger partial charge is 0.508 e. The van der Waals surface area contributed by atoms with E-state index in [0.717, 1.165) is 18.9 Å². The van der Waals surface area contributed by atoms with Gasteiger partial charge in [-0.05, 0) is 43.7 Å². The monoisotopic (exact) mass is 274 g/mol. The second-order valence-corrected chi connectivity index (χ2v) is 5.53. The molecule has 0 atom stereocenters. The Morgan fingerprint density at radius 2 is 2.05 bits per heavy atom. The van der Waals surface area contributed by atoms with Crippen LogP contribution in [0.4, 0.5) is 0 Å². The summed E-state index contributed by atoms with van der Waals surface area (Å²) in [7, 11) is 0. The number of carbonyl (C=O) groups is 1. The summed E-state index contributed by atoms with van der Waals surface area (Å²) in [5.41, 5.74) is -0.787. The highest BCUT2D eigenvalue weighted by molar-refractivity contribution is 5.97. The van der Waals surface area contributed by atoms with Crippen LogP contribution in [0.2, 0.25) is 0 Å². The molecule has 0 unspecified atom stereocenters. The molecule has 0 saturated heterocycles. The lowest BCUT2D eigenvalue weighted by atomic mass is 9.78. The van der Waals surface area contributed by atoms with Crippen molar-refractivity contribution in [1.82, 2.24) is 5.32 Å². The molecular weight excluding hydrogens is 256 g/mol. The number of rotatable bonds is 2. The molecular formula is C15H18N2O3. The maximum Gasteiger partial charge on any atom is 0.256 e. The molecule has 0 bridgehead atoms. The van der Waals surface area contributed by atoms with E-state index in [1.54, 1.807) is 0 Å². The van der Waals surface area contributed by atoms with Gasteiger partial charge in [0.1, 0.15) is 17.0 Å². The minimum Gasteiger partial charge on any atom is -0.508 e. The molecule has 0 aromatic heterocycles. The summed E-state index contributed by atoms with van der Waals surface area (Å²) in [4.78, 5) is 12.2. The molecule has 0 spiro atoms. The zero-order valence-corrected chi connectivity index (χ0v) is 11.4. The zero-order valence-electron chi connectivity index (χ0n) is 11.4. The summed E-state index contributed by atoms with van der Waals surface area (Å²) < 4.78 is 0. The van der Waals surface area contributed by atoms with Crippen LogP contribution in [-0.4, -0.2) is 21.7 Å². The van der Waals surface area contributed by atoms with E-state index in [0.29, 0.717) is 18.8 Å². The van der Waals surface area contributed by atoms with Gasteiger partial charge >= 0.3 is 0 Å². The summed E-state index contributed by atoms with van der Waals surface area (Å²) in [6.45, 7) is 2.13. The van der Waals surface area contributed by atoms with Crippen LogP contribution < -0.4 is 5.32 Å². The van der Waals surface area contributed by atoms with E-state index >= 15 is 0 Å². The van der Waals surface area contributed by atoms with Gasteiger partial charge in [0, 0.05) is 6.07 Å². The highest BCUT2D eigenvalue weighted by atomic mass is 16.3. The molecule has 0 radical (unpaired) electrons. The molecule has 1 amide bonds. The number of nitrogens with one attached hydrogen (secondary N) is 1. The number of benzene rings is 1. The molecule has 3 N–H and O–H groups in total. The number of hydrogen-bond acceptors (Lipinski definition) is 4. The van der Waals surface area contributed by atoms with Gasteiger partial charge in [0.05, 0.1) is 11.6 Å². The lowest BCUT2D eigenvalue weighted by molar-refractivity contribution is 0.0891. The SMILES string of the molecule is CC1CCC(C#N)(NC(=O)c2ccc(O)cc2O)CC1. The number of phenolic OH excluding ortho intramolecular Hbond substituents is 2. The number of amides is 1. The van der Waals surface area contributed by atoms with Crippen LogP contribution in [0.25, 0.3) is 0 Å². The van der Waals surface area contributed by atoms with E-state index in [1.165, 1.54) is 12.1 Å². The van der Waals surface area contributed by atoms with Crippen molar-refractivity contribution in [2.24, 2.45) is 5.92 Å². The normalized spacial score (nSPS) is 25.7. The fraction of sp³-hybridized carbons (Fsp3) is 0.467. The summed E-state index contributed by atoms with van der Waals surface area (Å²) in [5, 5.41) is 31.0. The van der Waals surface area contributed by atoms with Gasteiger partial charge in [-0.3, -0.25) is 4.79 Å². The molecule has 1 saturated carbocycles. The molecule has 0 heterocycles. The van der Waals surface area contributed by atoms with E-state index in [-0.39, 0.29) is 17.1 Å². The number of nitriles is 1. The van der Waals surface area contributed by atoms with Crippen LogP contribution in [0.3, 0.4) is 0 Å². The Morgan fingerprint density at radius 3 is 2.60 bits per heavy atom. The lowest BCUT2D eigenvalue weighted by Crippen LogP contribution is -2.49. The van der Waals surface area contributed by atoms with Crippen LogP contribution in [0.5, 0.6) is 11.5 Å². The van der Waals surface area contributed by atoms with Gasteiger partial charge in [0.15, 0.2) is 0 Å². The van der Waals surface area contributed by atoms with Crippen molar-refractivity contribution in [3.8, 4) is 17.6 Å². The summed E-state index contributed by atoms with van der Waals surface area (Å²) in [6.07, 6.45) is 3.04. The molecule has 2 rings (SSSR count). The quantitative estimate of drug-likeness (QED) is 0.771. The predicted octanol–water partition coefficient (Wildman–Crippen LogP) is 2.30. The van der Waals surface area contributed by atoms with E-state index in [1.807, 2.05) is 0 Å². The Labute approximate surface area is 117 Å². The van der Waals surface area contributed by atoms with Gasteiger partial charge in [0.25, 0.3) is 5.91 Å². The van der Waals surface area contributed by atoms with Gasteiger partial charge in [-0.2, -0.15) is 5.26 Å². The van der Waals surface area contributed by atoms with Crippen molar-refractivity contribution >= 4 is 5.91 Å². The number of nitrogens with zero attached hydrogens (tertiary/aromatic N) is 1. The average molecular weight is 274 g/mol. The summed E-state index contributed by atoms with van der Waals surface area (Å²) in [6, 6.07) is 5.99. The minimum atomic E-state index is -0.853. The second kappa shape index (κ2) is 5.41. The van der Waals surface area contributed by atoms with Crippen LogP contribution in [0, 0.1) is 17.2 Å². The Kier molecular flexibility index (Phi) is 3.84. The molecule has 1 aromatic carbocycles. The molecule has 5 nitrogen and oxygen atoms in total.